The number of thioether (sulfide) groups is 1. The number of rotatable bonds is 7. The van der Waals surface area contributed by atoms with Gasteiger partial charge in [-0.2, -0.15) is 0 Å². The largest absolute Gasteiger partial charge is 0.394 e. The second-order valence-corrected chi connectivity index (χ2v) is 5.37. The standard InChI is InChI=1S/C11H23NO3S/c1-8(2)12(9(3)4)11(15)7-16-6-10(14)5-13/h8-10,13-14H,5-7H2,1-4H3. The molecule has 1 atom stereocenters. The summed E-state index contributed by atoms with van der Waals surface area (Å²) in [6.07, 6.45) is -0.732. The zero-order valence-corrected chi connectivity index (χ0v) is 11.3. The highest BCUT2D eigenvalue weighted by atomic mass is 32.2. The van der Waals surface area contributed by atoms with Crippen LogP contribution in [0.5, 0.6) is 0 Å². The minimum absolute atomic E-state index is 0.0835. The first-order chi connectivity index (χ1) is 7.40. The van der Waals surface area contributed by atoms with Crippen molar-refractivity contribution in [3.63, 3.8) is 0 Å². The third-order valence-electron chi connectivity index (χ3n) is 2.15. The van der Waals surface area contributed by atoms with E-state index in [2.05, 4.69) is 0 Å². The molecule has 0 aliphatic rings. The highest BCUT2D eigenvalue weighted by Crippen LogP contribution is 2.10. The van der Waals surface area contributed by atoms with Crippen LogP contribution in [0.15, 0.2) is 0 Å². The summed E-state index contributed by atoms with van der Waals surface area (Å²) in [6, 6.07) is 0.381. The van der Waals surface area contributed by atoms with Gasteiger partial charge in [0.05, 0.1) is 18.5 Å². The van der Waals surface area contributed by atoms with Crippen LogP contribution in [0.2, 0.25) is 0 Å². The zero-order chi connectivity index (χ0) is 12.7. The normalized spacial score (nSPS) is 13.2. The number of hydrogen-bond acceptors (Lipinski definition) is 4. The second kappa shape index (κ2) is 7.92. The van der Waals surface area contributed by atoms with E-state index >= 15 is 0 Å². The Morgan fingerprint density at radius 1 is 1.25 bits per heavy atom. The van der Waals surface area contributed by atoms with Gasteiger partial charge in [-0.15, -0.1) is 11.8 Å². The van der Waals surface area contributed by atoms with Gasteiger partial charge >= 0.3 is 0 Å². The molecule has 4 nitrogen and oxygen atoms in total. The summed E-state index contributed by atoms with van der Waals surface area (Å²) >= 11 is 1.36. The maximum atomic E-state index is 11.9. The SMILES string of the molecule is CC(C)N(C(=O)CSCC(O)CO)C(C)C. The van der Waals surface area contributed by atoms with Gasteiger partial charge < -0.3 is 15.1 Å². The van der Waals surface area contributed by atoms with E-state index in [1.165, 1.54) is 11.8 Å². The first-order valence-corrected chi connectivity index (χ1v) is 6.73. The highest BCUT2D eigenvalue weighted by molar-refractivity contribution is 7.99. The van der Waals surface area contributed by atoms with E-state index in [9.17, 15) is 4.79 Å². The monoisotopic (exact) mass is 249 g/mol. The lowest BCUT2D eigenvalue weighted by atomic mass is 10.2. The second-order valence-electron chi connectivity index (χ2n) is 4.34. The molecule has 1 amide bonds. The number of carbonyl (C=O) groups is 1. The predicted molar refractivity (Wildman–Crippen MR) is 67.5 cm³/mol. The third kappa shape index (κ3) is 5.72. The van der Waals surface area contributed by atoms with Gasteiger partial charge in [-0.05, 0) is 27.7 Å². The fraction of sp³-hybridized carbons (Fsp3) is 0.909. The van der Waals surface area contributed by atoms with Crippen LogP contribution in [0.4, 0.5) is 0 Å². The van der Waals surface area contributed by atoms with Crippen molar-refractivity contribution in [1.29, 1.82) is 0 Å². The molecule has 0 spiro atoms. The van der Waals surface area contributed by atoms with E-state index in [4.69, 9.17) is 10.2 Å². The Morgan fingerprint density at radius 2 is 1.75 bits per heavy atom. The van der Waals surface area contributed by atoms with Crippen LogP contribution in [0.1, 0.15) is 27.7 Å². The van der Waals surface area contributed by atoms with Gasteiger partial charge in [0.15, 0.2) is 0 Å². The number of aliphatic hydroxyl groups excluding tert-OH is 2. The summed E-state index contributed by atoms with van der Waals surface area (Å²) in [6.45, 7) is 7.71. The van der Waals surface area contributed by atoms with E-state index in [-0.39, 0.29) is 24.6 Å². The van der Waals surface area contributed by atoms with Crippen molar-refractivity contribution >= 4 is 17.7 Å². The van der Waals surface area contributed by atoms with Crippen molar-refractivity contribution < 1.29 is 15.0 Å². The number of amides is 1. The molecular weight excluding hydrogens is 226 g/mol. The van der Waals surface area contributed by atoms with Gasteiger partial charge in [-0.3, -0.25) is 4.79 Å². The van der Waals surface area contributed by atoms with E-state index < -0.39 is 6.10 Å². The van der Waals surface area contributed by atoms with Crippen molar-refractivity contribution in [3.05, 3.63) is 0 Å². The molecule has 0 radical (unpaired) electrons. The molecule has 2 N–H and O–H groups in total. The maximum absolute atomic E-state index is 11.9. The Kier molecular flexibility index (Phi) is 7.80. The molecule has 0 saturated heterocycles. The molecule has 0 saturated carbocycles. The van der Waals surface area contributed by atoms with Crippen molar-refractivity contribution in [2.24, 2.45) is 0 Å². The summed E-state index contributed by atoms with van der Waals surface area (Å²) in [5.74, 6) is 0.833. The van der Waals surface area contributed by atoms with E-state index in [1.807, 2.05) is 32.6 Å². The Balaban J connectivity index is 4.03. The quantitative estimate of drug-likeness (QED) is 0.698. The van der Waals surface area contributed by atoms with Gasteiger partial charge in [-0.1, -0.05) is 0 Å². The molecule has 96 valence electrons. The molecule has 0 bridgehead atoms. The van der Waals surface area contributed by atoms with Gasteiger partial charge in [-0.25, -0.2) is 0 Å². The molecule has 0 aliphatic heterocycles. The van der Waals surface area contributed by atoms with Crippen LogP contribution in [0, 0.1) is 0 Å². The molecule has 5 heteroatoms. The molecule has 0 aromatic carbocycles. The van der Waals surface area contributed by atoms with Crippen LogP contribution in [-0.4, -0.2) is 57.3 Å². The number of nitrogens with zero attached hydrogens (tertiary/aromatic N) is 1. The maximum Gasteiger partial charge on any atom is 0.233 e. The zero-order valence-electron chi connectivity index (χ0n) is 10.5. The molecule has 0 aliphatic carbocycles. The molecule has 0 rings (SSSR count). The summed E-state index contributed by atoms with van der Waals surface area (Å²) < 4.78 is 0. The average Bonchev–Trinajstić information content (AvgIpc) is 2.16. The van der Waals surface area contributed by atoms with Gasteiger partial charge in [0.1, 0.15) is 0 Å². The number of aliphatic hydroxyl groups is 2. The van der Waals surface area contributed by atoms with Crippen molar-refractivity contribution in [2.45, 2.75) is 45.9 Å². The van der Waals surface area contributed by atoms with Crippen molar-refractivity contribution in [2.75, 3.05) is 18.1 Å². The number of carbonyl (C=O) groups excluding carboxylic acids is 1. The summed E-state index contributed by atoms with van der Waals surface area (Å²) in [7, 11) is 0. The van der Waals surface area contributed by atoms with E-state index in [0.29, 0.717) is 11.5 Å². The number of hydrogen-bond donors (Lipinski definition) is 2. The van der Waals surface area contributed by atoms with Crippen LogP contribution >= 0.6 is 11.8 Å². The fourth-order valence-electron chi connectivity index (χ4n) is 1.58. The Labute approximate surface area is 102 Å². The van der Waals surface area contributed by atoms with Crippen LogP contribution < -0.4 is 0 Å². The molecule has 1 unspecified atom stereocenters. The van der Waals surface area contributed by atoms with Gasteiger partial charge in [0.25, 0.3) is 0 Å². The molecule has 16 heavy (non-hydrogen) atoms. The topological polar surface area (TPSA) is 60.8 Å². The Morgan fingerprint density at radius 3 is 2.12 bits per heavy atom. The summed E-state index contributed by atoms with van der Waals surface area (Å²) in [4.78, 5) is 13.7. The average molecular weight is 249 g/mol. The van der Waals surface area contributed by atoms with E-state index in [1.54, 1.807) is 0 Å². The van der Waals surface area contributed by atoms with Crippen molar-refractivity contribution in [3.8, 4) is 0 Å². The lowest BCUT2D eigenvalue weighted by molar-refractivity contribution is -0.131. The molecule has 0 aromatic rings. The minimum atomic E-state index is -0.732. The molecular formula is C11H23NO3S. The van der Waals surface area contributed by atoms with Crippen LogP contribution in [0.3, 0.4) is 0 Å². The predicted octanol–water partition coefficient (Wildman–Crippen LogP) is 0.718. The smallest absolute Gasteiger partial charge is 0.233 e. The Hall–Kier alpha value is -0.260. The lowest BCUT2D eigenvalue weighted by Crippen LogP contribution is -2.43. The first-order valence-electron chi connectivity index (χ1n) is 5.58. The molecule has 0 aromatic heterocycles. The van der Waals surface area contributed by atoms with Gasteiger partial charge in [0, 0.05) is 17.8 Å². The lowest BCUT2D eigenvalue weighted by Gasteiger charge is -2.30. The molecule has 0 heterocycles. The minimum Gasteiger partial charge on any atom is -0.394 e. The fourth-order valence-corrected chi connectivity index (χ4v) is 2.40. The van der Waals surface area contributed by atoms with Crippen LogP contribution in [-0.2, 0) is 4.79 Å². The Bertz CT molecular complexity index is 201. The third-order valence-corrected chi connectivity index (χ3v) is 3.22. The summed E-state index contributed by atoms with van der Waals surface area (Å²) in [5, 5.41) is 17.8. The van der Waals surface area contributed by atoms with Crippen molar-refractivity contribution in [1.82, 2.24) is 4.90 Å². The van der Waals surface area contributed by atoms with Gasteiger partial charge in [0.2, 0.25) is 5.91 Å². The first kappa shape index (κ1) is 15.7. The van der Waals surface area contributed by atoms with Crippen LogP contribution in [0.25, 0.3) is 0 Å². The highest BCUT2D eigenvalue weighted by Gasteiger charge is 2.19. The van der Waals surface area contributed by atoms with E-state index in [0.717, 1.165) is 0 Å². The summed E-state index contributed by atoms with van der Waals surface area (Å²) in [5.41, 5.74) is 0. The molecule has 0 fully saturated rings.